The van der Waals surface area contributed by atoms with Crippen LogP contribution in [-0.2, 0) is 124 Å². The highest BCUT2D eigenvalue weighted by molar-refractivity contribution is 8.00. The number of amides is 17. The Morgan fingerprint density at radius 1 is 0.375 bits per heavy atom. The number of phosphoric acid groups is 1. The number of urea groups is 1. The van der Waals surface area contributed by atoms with Crippen LogP contribution in [0.5, 0.6) is 0 Å². The van der Waals surface area contributed by atoms with Gasteiger partial charge in [0.2, 0.25) is 88.6 Å². The molecule has 17 amide bonds. The lowest BCUT2D eigenvalue weighted by atomic mass is 10.0. The number of carbonyl (C=O) groups excluding carboxylic acids is 18. The number of rotatable bonds is 84. The van der Waals surface area contributed by atoms with E-state index in [1.54, 1.807) is 18.7 Å². The van der Waals surface area contributed by atoms with Crippen molar-refractivity contribution in [1.82, 2.24) is 88.7 Å². The number of ether oxygens (including phenoxy) is 2. The fourth-order valence-electron chi connectivity index (χ4n) is 13.9. The molecule has 2 saturated heterocycles. The van der Waals surface area contributed by atoms with Crippen LogP contribution in [0.3, 0.4) is 0 Å². The number of carboxylic acid groups (broad SMARTS) is 4. The van der Waals surface area contributed by atoms with Gasteiger partial charge in [-0.1, -0.05) is 147 Å². The molecule has 2 heterocycles. The lowest BCUT2D eigenvalue weighted by molar-refractivity contribution is -0.161. The number of thioether (sulfide) groups is 1. The van der Waals surface area contributed by atoms with E-state index in [2.05, 4.69) is 107 Å². The molecule has 0 aromatic carbocycles. The quantitative estimate of drug-likeness (QED) is 0.0136. The molecule has 2 aliphatic heterocycles. The Morgan fingerprint density at radius 2 is 0.708 bits per heavy atom. The highest BCUT2D eigenvalue weighted by Gasteiger charge is 2.43. The summed E-state index contributed by atoms with van der Waals surface area (Å²) in [6.07, 6.45) is 39.6. The number of hydrogen-bond donors (Lipinski definition) is 18. The van der Waals surface area contributed by atoms with Gasteiger partial charge in [0.15, 0.2) is 6.10 Å². The maximum absolute atomic E-state index is 12.9. The summed E-state index contributed by atoms with van der Waals surface area (Å²) in [4.78, 5) is 279. The summed E-state index contributed by atoms with van der Waals surface area (Å²) in [5, 5.41) is 67.6. The number of esters is 2. The van der Waals surface area contributed by atoms with Gasteiger partial charge in [-0.2, -0.15) is 11.8 Å². The van der Waals surface area contributed by atoms with Gasteiger partial charge in [-0.25, -0.2) is 9.36 Å². The van der Waals surface area contributed by atoms with Gasteiger partial charge in [0.25, 0.3) is 0 Å². The smallest absolute Gasteiger partial charge is 0.472 e. The Kier molecular flexibility index (Phi) is 73.5. The van der Waals surface area contributed by atoms with Crippen molar-refractivity contribution in [3.8, 4) is 0 Å². The summed E-state index contributed by atoms with van der Waals surface area (Å²) in [5.74, 6) is -17.2. The predicted octanol–water partition coefficient (Wildman–Crippen LogP) is 1.89. The first-order valence-electron chi connectivity index (χ1n) is 49.6. The van der Waals surface area contributed by atoms with Crippen LogP contribution in [0.15, 0.2) is 24.3 Å². The average Bonchev–Trinajstić information content (AvgIpc) is 1.66. The van der Waals surface area contributed by atoms with Gasteiger partial charge in [-0.3, -0.25) is 110 Å². The summed E-state index contributed by atoms with van der Waals surface area (Å²) in [5.41, 5.74) is 0. The van der Waals surface area contributed by atoms with Crippen LogP contribution >= 0.6 is 19.6 Å². The van der Waals surface area contributed by atoms with E-state index in [0.29, 0.717) is 34.0 Å². The van der Waals surface area contributed by atoms with Crippen LogP contribution in [0.2, 0.25) is 0 Å². The molecule has 0 spiro atoms. The zero-order chi connectivity index (χ0) is 107. The molecule has 0 saturated carbocycles. The summed E-state index contributed by atoms with van der Waals surface area (Å²) in [6, 6.07) is -0.00228. The molecule has 18 N–H and O–H groups in total. The first-order chi connectivity index (χ1) is 68.7. The summed E-state index contributed by atoms with van der Waals surface area (Å²) < 4.78 is 34.0. The van der Waals surface area contributed by atoms with E-state index in [-0.39, 0.29) is 107 Å². The van der Waals surface area contributed by atoms with Gasteiger partial charge in [-0.05, 0) is 96.8 Å². The number of hydrogen-bond acceptors (Lipinski definition) is 28. The third-order valence-electron chi connectivity index (χ3n) is 21.7. The second-order valence-corrected chi connectivity index (χ2v) is 37.0. The van der Waals surface area contributed by atoms with E-state index >= 15 is 0 Å². The van der Waals surface area contributed by atoms with Crippen LogP contribution < -0.4 is 69.1 Å². The van der Waals surface area contributed by atoms with E-state index in [1.165, 1.54) is 84.0 Å². The molecule has 2 aliphatic rings. The van der Waals surface area contributed by atoms with Crippen LogP contribution in [0, 0.1) is 0 Å². The maximum atomic E-state index is 12.9. The van der Waals surface area contributed by atoms with Gasteiger partial charge in [-0.15, -0.1) is 0 Å². The third kappa shape index (κ3) is 72.3. The maximum Gasteiger partial charge on any atom is 0.472 e. The Morgan fingerprint density at radius 3 is 1.11 bits per heavy atom. The molecule has 0 aliphatic carbocycles. The molecule has 2 rings (SSSR count). The topological polar surface area (TPSA) is 700 Å². The number of nitrogens with one attached hydrogen (secondary N) is 13. The Balaban J connectivity index is 0.00000163. The number of fused-ring (bicyclic) bond motifs is 1. The number of unbranched alkanes of at least 4 members (excludes halogenated alkanes) is 24. The van der Waals surface area contributed by atoms with E-state index in [9.17, 15) is 125 Å². The van der Waals surface area contributed by atoms with Crippen molar-refractivity contribution in [3.63, 3.8) is 0 Å². The van der Waals surface area contributed by atoms with Gasteiger partial charge in [0.05, 0.1) is 77.7 Å². The molecule has 144 heavy (non-hydrogen) atoms. The molecule has 0 aromatic rings. The molecule has 2 unspecified atom stereocenters. The Hall–Kier alpha value is -11.9. The minimum absolute atomic E-state index is 0.0130. The average molecular weight is 2090 g/mol. The highest BCUT2D eigenvalue weighted by atomic mass is 32.2. The number of nitrogens with zero attached hydrogens (tertiary/aromatic N) is 4. The molecular weight excluding hydrogens is 1930 g/mol. The predicted molar refractivity (Wildman–Crippen MR) is 525 cm³/mol. The first kappa shape index (κ1) is 130. The van der Waals surface area contributed by atoms with Crippen LogP contribution in [-0.4, -0.2) is 349 Å². The summed E-state index contributed by atoms with van der Waals surface area (Å²) >= 11 is 1.76. The van der Waals surface area contributed by atoms with E-state index in [1.807, 2.05) is 0 Å². The lowest BCUT2D eigenvalue weighted by Crippen LogP contribution is -2.50. The number of phosphoric ester groups is 1. The number of aliphatic carboxylic acids is 4. The Bertz CT molecular complexity index is 4130. The standard InChI is InChI=1S/C63H110N7O19P.C30H46N10O13S/c1-4-7-9-11-13-15-17-19-21-23-25-27-29-31-33-39-62(82)86-50-52(89-63(83)40-34-32-30-28-26-24-22-20-18-16-14-12-10-8-5-2)51-88-90(84,85)87-42-41-64-53(71)37-35-36-38-54(72)65-43-55(73)68-46-59(77)70(49-61(80)81)47-57(75)66-44-56(74)67-45-58(76)69(6-3)48-60(78)79;1-17(41)31-6-7-32-23(45)12-39(14-27(49)50)25(47)10-36-22(44)9-34-24(46)13-40(15-28(51)52)26(48)11-35-21(43)8-33-20(42)5-3-2-4-19-29-18(16-54-19)37-30(53)38-29/h19-22,52H,4-18,23-51H2,1-3H3,(H,64,71)(H,65,72)(H,66,75)(H,67,74)(H,68,73)(H,78,79)(H,80,81)(H,84,85);18-19,29H,2-16H2,1H3,(H,31,41)(H,32,45)(H,33,42)(H,34,46)(H,35,43)(H,36,44)(H,49,50)(H,51,52)(H2,37,38,53)/b21-19+,22-20+;/t;18-,19-,29-/m.0/s1. The van der Waals surface area contributed by atoms with Gasteiger partial charge >= 0.3 is 49.7 Å². The van der Waals surface area contributed by atoms with Crippen molar-refractivity contribution in [2.75, 3.05) is 150 Å². The van der Waals surface area contributed by atoms with E-state index in [4.69, 9.17) is 28.7 Å². The third-order valence-corrected chi connectivity index (χ3v) is 24.2. The molecule has 51 heteroatoms. The minimum atomic E-state index is -4.74. The first-order valence-corrected chi connectivity index (χ1v) is 52.1. The lowest BCUT2D eigenvalue weighted by Gasteiger charge is -2.21. The summed E-state index contributed by atoms with van der Waals surface area (Å²) in [6.45, 7) is -4.95. The monoisotopic (exact) mass is 2090 g/mol. The van der Waals surface area contributed by atoms with Crippen molar-refractivity contribution < 1.29 is 154 Å². The van der Waals surface area contributed by atoms with Crippen LogP contribution in [0.4, 0.5) is 4.79 Å². The van der Waals surface area contributed by atoms with E-state index < -0.39 is 244 Å². The SMILES string of the molecule is CC(=O)NCCNC(=O)CN(CC(=O)O)C(=O)CNC(=O)CNC(=O)CN(CC(=O)O)C(=O)CNC(=O)CNC(=O)CCCC[C@@H]1SC[C@@H]2NC(=O)N[C@@H]21.CCCCCCCC/C=C/CCCCCCCC(=O)OCC(COP(=O)(O)OCCNC(=O)CCCCC(=O)NCC(=O)NCC(=O)N(CC(=O)O)CC(=O)NCC(=O)NCC(=O)N(CC)CC(=O)O)OC(=O)CCCCCCC/C=C/CCCCCCCC. The van der Waals surface area contributed by atoms with Gasteiger partial charge < -0.3 is 124 Å². The minimum Gasteiger partial charge on any atom is -0.480 e. The normalized spacial score (nSPS) is 13.9. The van der Waals surface area contributed by atoms with Crippen molar-refractivity contribution in [2.45, 2.75) is 282 Å². The molecular formula is C93H156N17O32PS. The zero-order valence-corrected chi connectivity index (χ0v) is 85.5. The largest absolute Gasteiger partial charge is 0.480 e. The van der Waals surface area contributed by atoms with Crippen LogP contribution in [0.25, 0.3) is 0 Å². The van der Waals surface area contributed by atoms with Crippen molar-refractivity contribution >= 4 is 150 Å². The molecule has 816 valence electrons. The second-order valence-electron chi connectivity index (χ2n) is 34.3. The Labute approximate surface area is 845 Å². The van der Waals surface area contributed by atoms with Crippen LogP contribution in [0.1, 0.15) is 259 Å². The van der Waals surface area contributed by atoms with Crippen molar-refractivity contribution in [2.24, 2.45) is 0 Å². The zero-order valence-electron chi connectivity index (χ0n) is 83.7. The number of carboxylic acids is 4. The molecule has 0 bridgehead atoms. The highest BCUT2D eigenvalue weighted by Crippen LogP contribution is 2.43. The number of carbonyl (C=O) groups is 22. The molecule has 2 fully saturated rings. The summed E-state index contributed by atoms with van der Waals surface area (Å²) in [7, 11) is -4.74. The molecule has 0 aromatic heterocycles. The fraction of sp³-hybridized carbons (Fsp3) is 0.720. The number of allylic oxidation sites excluding steroid dienone is 4. The van der Waals surface area contributed by atoms with E-state index in [0.717, 1.165) is 101 Å². The molecule has 5 atom stereocenters. The number of likely N-dealkylation sites (N-methyl/N-ethyl adjacent to an activating group) is 1. The molecule has 49 nitrogen and oxygen atoms in total. The molecule has 0 radical (unpaired) electrons. The van der Waals surface area contributed by atoms with Crippen molar-refractivity contribution in [1.29, 1.82) is 0 Å². The van der Waals surface area contributed by atoms with Gasteiger partial charge in [0.1, 0.15) is 52.4 Å². The van der Waals surface area contributed by atoms with Gasteiger partial charge in [0, 0.05) is 76.2 Å². The second kappa shape index (κ2) is 81.4. The van der Waals surface area contributed by atoms with Crippen molar-refractivity contribution in [3.05, 3.63) is 24.3 Å². The fourth-order valence-corrected chi connectivity index (χ4v) is 16.2.